The van der Waals surface area contributed by atoms with Crippen LogP contribution in [0.5, 0.6) is 0 Å². The zero-order valence-corrected chi connectivity index (χ0v) is 14.4. The monoisotopic (exact) mass is 311 g/mol. The third-order valence-corrected chi connectivity index (χ3v) is 4.38. The maximum atomic E-state index is 13.1. The molecular formula is C19H23N2O2+. The number of hydrogen-bond donors (Lipinski definition) is 0. The largest absolute Gasteiger partial charge is 0.284 e. The number of aromatic nitrogens is 2. The number of carbonyl (C=O) groups excluding carboxylic acids is 2. The zero-order valence-electron chi connectivity index (χ0n) is 14.4. The highest BCUT2D eigenvalue weighted by atomic mass is 16.1. The molecule has 23 heavy (non-hydrogen) atoms. The van der Waals surface area contributed by atoms with Crippen molar-refractivity contribution in [3.8, 4) is 0 Å². The molecule has 0 unspecified atom stereocenters. The second-order valence-corrected chi connectivity index (χ2v) is 6.92. The molecule has 0 amide bonds. The molecule has 0 saturated carbocycles. The Balaban J connectivity index is 2.35. The van der Waals surface area contributed by atoms with Crippen LogP contribution in [0, 0.1) is 12.8 Å². The predicted octanol–water partition coefficient (Wildman–Crippen LogP) is 3.10. The minimum atomic E-state index is -0.0468. The van der Waals surface area contributed by atoms with Crippen molar-refractivity contribution in [2.24, 2.45) is 5.92 Å². The first-order valence-corrected chi connectivity index (χ1v) is 8.17. The number of ketones is 2. The topological polar surface area (TPSA) is 43.0 Å². The smallest absolute Gasteiger partial charge is 0.254 e. The van der Waals surface area contributed by atoms with Crippen molar-refractivity contribution in [2.75, 3.05) is 0 Å². The van der Waals surface area contributed by atoms with E-state index >= 15 is 0 Å². The van der Waals surface area contributed by atoms with E-state index in [1.54, 1.807) is 12.1 Å². The summed E-state index contributed by atoms with van der Waals surface area (Å²) in [5.41, 5.74) is 2.12. The summed E-state index contributed by atoms with van der Waals surface area (Å²) in [6.07, 6.45) is 0. The van der Waals surface area contributed by atoms with E-state index in [2.05, 4.69) is 13.8 Å². The van der Waals surface area contributed by atoms with Gasteiger partial charge in [0.1, 0.15) is 0 Å². The summed E-state index contributed by atoms with van der Waals surface area (Å²) in [4.78, 5) is 26.1. The number of carbonyl (C=O) groups is 2. The average Bonchev–Trinajstić information content (AvgIpc) is 2.78. The number of fused-ring (bicyclic) bond motifs is 2. The fourth-order valence-corrected chi connectivity index (χ4v) is 3.50. The molecule has 4 nitrogen and oxygen atoms in total. The SMILES string of the molecule is Cc1n(C(C)C)c2c([n+]1CC(C)C)C(=O)c1ccccc1C2=O. The summed E-state index contributed by atoms with van der Waals surface area (Å²) in [7, 11) is 0. The summed E-state index contributed by atoms with van der Waals surface area (Å²) in [5, 5.41) is 0. The molecule has 1 aliphatic rings. The predicted molar refractivity (Wildman–Crippen MR) is 87.9 cm³/mol. The molecule has 0 saturated heterocycles. The number of hydrogen-bond acceptors (Lipinski definition) is 2. The first-order valence-electron chi connectivity index (χ1n) is 8.17. The van der Waals surface area contributed by atoms with Crippen LogP contribution in [0.2, 0.25) is 0 Å². The van der Waals surface area contributed by atoms with Gasteiger partial charge in [-0.1, -0.05) is 38.1 Å². The molecule has 1 aliphatic carbocycles. The molecule has 120 valence electrons. The number of imidazole rings is 1. The lowest BCUT2D eigenvalue weighted by molar-refractivity contribution is -0.709. The average molecular weight is 311 g/mol. The van der Waals surface area contributed by atoms with Gasteiger partial charge in [0.15, 0.2) is 0 Å². The molecule has 1 aromatic heterocycles. The van der Waals surface area contributed by atoms with Crippen molar-refractivity contribution in [2.45, 2.75) is 47.2 Å². The van der Waals surface area contributed by atoms with Crippen LogP contribution in [0.15, 0.2) is 24.3 Å². The molecule has 1 heterocycles. The summed E-state index contributed by atoms with van der Waals surface area (Å²) >= 11 is 0. The van der Waals surface area contributed by atoms with Crippen LogP contribution in [0.1, 0.15) is 71.7 Å². The van der Waals surface area contributed by atoms with E-state index in [0.717, 1.165) is 12.4 Å². The van der Waals surface area contributed by atoms with Crippen LogP contribution in [0.3, 0.4) is 0 Å². The lowest BCUT2D eigenvalue weighted by atomic mass is 9.89. The molecule has 0 atom stereocenters. The van der Waals surface area contributed by atoms with Crippen molar-refractivity contribution >= 4 is 11.6 Å². The molecule has 0 N–H and O–H groups in total. The highest BCUT2D eigenvalue weighted by molar-refractivity contribution is 6.26. The summed E-state index contributed by atoms with van der Waals surface area (Å²) in [5.74, 6) is 1.27. The lowest BCUT2D eigenvalue weighted by Gasteiger charge is -2.14. The van der Waals surface area contributed by atoms with Crippen molar-refractivity contribution in [1.29, 1.82) is 0 Å². The van der Waals surface area contributed by atoms with Gasteiger partial charge >= 0.3 is 0 Å². The van der Waals surface area contributed by atoms with Crippen LogP contribution >= 0.6 is 0 Å². The van der Waals surface area contributed by atoms with Crippen molar-refractivity contribution in [3.05, 3.63) is 52.6 Å². The third kappa shape index (κ3) is 2.24. The van der Waals surface area contributed by atoms with Gasteiger partial charge in [-0.15, -0.1) is 0 Å². The Morgan fingerprint density at radius 2 is 1.57 bits per heavy atom. The zero-order chi connectivity index (χ0) is 16.9. The minimum Gasteiger partial charge on any atom is -0.284 e. The van der Waals surface area contributed by atoms with E-state index in [-0.39, 0.29) is 17.6 Å². The standard InChI is InChI=1S/C19H23N2O2/c1-11(2)10-20-13(5)21(12(3)4)17-16(20)18(22)14-8-6-7-9-15(14)19(17)23/h6-9,11-12H,10H2,1-5H3/q+1. The highest BCUT2D eigenvalue weighted by Gasteiger charge is 2.43. The Hall–Kier alpha value is -2.23. The molecular weight excluding hydrogens is 288 g/mol. The minimum absolute atomic E-state index is 0.0432. The van der Waals surface area contributed by atoms with E-state index < -0.39 is 0 Å². The highest BCUT2D eigenvalue weighted by Crippen LogP contribution is 2.29. The van der Waals surface area contributed by atoms with Gasteiger partial charge in [-0.05, 0) is 19.8 Å². The van der Waals surface area contributed by atoms with Gasteiger partial charge in [0.05, 0.1) is 12.6 Å². The molecule has 1 aromatic carbocycles. The number of nitrogens with zero attached hydrogens (tertiary/aromatic N) is 2. The van der Waals surface area contributed by atoms with Gasteiger partial charge in [-0.3, -0.25) is 9.59 Å². The molecule has 4 heteroatoms. The Labute approximate surface area is 136 Å². The van der Waals surface area contributed by atoms with Gasteiger partial charge < -0.3 is 0 Å². The molecule has 0 aliphatic heterocycles. The van der Waals surface area contributed by atoms with Crippen LogP contribution in [0.4, 0.5) is 0 Å². The van der Waals surface area contributed by atoms with Gasteiger partial charge in [-0.25, -0.2) is 9.13 Å². The Kier molecular flexibility index (Phi) is 3.71. The second kappa shape index (κ2) is 5.44. The van der Waals surface area contributed by atoms with E-state index in [0.29, 0.717) is 28.4 Å². The second-order valence-electron chi connectivity index (χ2n) is 6.92. The third-order valence-electron chi connectivity index (χ3n) is 4.38. The molecule has 0 fully saturated rings. The van der Waals surface area contributed by atoms with Crippen LogP contribution in [0.25, 0.3) is 0 Å². The lowest BCUT2D eigenvalue weighted by Crippen LogP contribution is -2.44. The normalized spacial score (nSPS) is 13.7. The molecule has 0 radical (unpaired) electrons. The molecule has 2 aromatic rings. The number of benzene rings is 1. The van der Waals surface area contributed by atoms with Gasteiger partial charge in [0.25, 0.3) is 5.82 Å². The molecule has 3 rings (SSSR count). The quantitative estimate of drug-likeness (QED) is 0.698. The summed E-state index contributed by atoms with van der Waals surface area (Å²) in [6.45, 7) is 11.1. The van der Waals surface area contributed by atoms with E-state index in [1.807, 2.05) is 42.0 Å². The van der Waals surface area contributed by atoms with Crippen LogP contribution in [-0.2, 0) is 6.54 Å². The summed E-state index contributed by atoms with van der Waals surface area (Å²) in [6, 6.07) is 7.25. The van der Waals surface area contributed by atoms with Gasteiger partial charge in [0, 0.05) is 18.1 Å². The first kappa shape index (κ1) is 15.7. The van der Waals surface area contributed by atoms with E-state index in [4.69, 9.17) is 0 Å². The maximum absolute atomic E-state index is 13.1. The fourth-order valence-electron chi connectivity index (χ4n) is 3.50. The Morgan fingerprint density at radius 3 is 2.09 bits per heavy atom. The van der Waals surface area contributed by atoms with Crippen LogP contribution in [-0.4, -0.2) is 16.1 Å². The Bertz CT molecular complexity index is 813. The van der Waals surface area contributed by atoms with E-state index in [9.17, 15) is 9.59 Å². The van der Waals surface area contributed by atoms with Gasteiger partial charge in [-0.2, -0.15) is 0 Å². The molecule has 0 spiro atoms. The van der Waals surface area contributed by atoms with Crippen molar-refractivity contribution in [3.63, 3.8) is 0 Å². The Morgan fingerprint density at radius 1 is 1.00 bits per heavy atom. The number of rotatable bonds is 3. The van der Waals surface area contributed by atoms with Crippen molar-refractivity contribution < 1.29 is 14.2 Å². The fraction of sp³-hybridized carbons (Fsp3) is 0.421. The first-order chi connectivity index (χ1) is 10.8. The van der Waals surface area contributed by atoms with Crippen molar-refractivity contribution in [1.82, 2.24) is 4.57 Å². The molecule has 0 bridgehead atoms. The van der Waals surface area contributed by atoms with E-state index in [1.165, 1.54) is 0 Å². The maximum Gasteiger partial charge on any atom is 0.254 e. The van der Waals surface area contributed by atoms with Crippen LogP contribution < -0.4 is 4.57 Å². The van der Waals surface area contributed by atoms with Gasteiger partial charge in [0.2, 0.25) is 23.0 Å². The summed E-state index contributed by atoms with van der Waals surface area (Å²) < 4.78 is 4.03.